The molecule has 3 aromatic rings. The Hall–Kier alpha value is -4.18. The first kappa shape index (κ1) is 26.9. The van der Waals surface area contributed by atoms with Crippen molar-refractivity contribution in [3.8, 4) is 11.5 Å². The van der Waals surface area contributed by atoms with Crippen molar-refractivity contribution in [3.05, 3.63) is 66.0 Å². The first-order chi connectivity index (χ1) is 18.1. The summed E-state index contributed by atoms with van der Waals surface area (Å²) < 4.78 is 12.3. The second-order valence-electron chi connectivity index (χ2n) is 9.70. The number of benzene rings is 2. The van der Waals surface area contributed by atoms with Crippen LogP contribution in [0.2, 0.25) is 0 Å². The normalized spacial score (nSPS) is 23.0. The topological polar surface area (TPSA) is 132 Å². The fourth-order valence-corrected chi connectivity index (χ4v) is 5.33. The van der Waals surface area contributed by atoms with Crippen molar-refractivity contribution in [2.45, 2.75) is 31.8 Å². The van der Waals surface area contributed by atoms with Gasteiger partial charge in [0.2, 0.25) is 11.8 Å². The van der Waals surface area contributed by atoms with Crippen molar-refractivity contribution in [1.29, 1.82) is 0 Å². The molecule has 0 aliphatic heterocycles. The molecule has 2 aromatic carbocycles. The fraction of sp³-hybridized carbons (Fsp3) is 0.357. The lowest BCUT2D eigenvalue weighted by molar-refractivity contribution is -0.150. The summed E-state index contributed by atoms with van der Waals surface area (Å²) in [6.07, 6.45) is 1.30. The van der Waals surface area contributed by atoms with Gasteiger partial charge in [-0.15, -0.1) is 0 Å². The molecule has 0 saturated heterocycles. The largest absolute Gasteiger partial charge is 0.495 e. The van der Waals surface area contributed by atoms with Gasteiger partial charge in [0, 0.05) is 25.6 Å². The Labute approximate surface area is 220 Å². The number of rotatable bonds is 7. The third-order valence-corrected chi connectivity index (χ3v) is 6.97. The van der Waals surface area contributed by atoms with E-state index in [1.807, 2.05) is 0 Å². The number of nitrogens with zero attached hydrogens (tertiary/aromatic N) is 2. The Bertz CT molecular complexity index is 1360. The van der Waals surface area contributed by atoms with Gasteiger partial charge in [-0.3, -0.25) is 19.1 Å². The number of aliphatic hydroxyl groups is 1. The smallest absolute Gasteiger partial charge is 0.235 e. The number of aromatic nitrogens is 2. The minimum atomic E-state index is -1.74. The number of anilines is 2. The number of nitrogens with one attached hydrogen (secondary N) is 2. The van der Waals surface area contributed by atoms with Crippen LogP contribution in [0.15, 0.2) is 54.7 Å². The molecular weight excluding hydrogens is 488 g/mol. The first-order valence-electron chi connectivity index (χ1n) is 12.2. The van der Waals surface area contributed by atoms with E-state index >= 15 is 0 Å². The lowest BCUT2D eigenvalue weighted by Gasteiger charge is -2.44. The maximum atomic E-state index is 13.9. The van der Waals surface area contributed by atoms with Crippen LogP contribution in [0.4, 0.5) is 11.4 Å². The van der Waals surface area contributed by atoms with Gasteiger partial charge in [-0.05, 0) is 43.7 Å². The van der Waals surface area contributed by atoms with Crippen molar-refractivity contribution >= 4 is 29.0 Å². The second kappa shape index (κ2) is 10.7. The number of ether oxygens (including phenoxy) is 2. The van der Waals surface area contributed by atoms with Crippen LogP contribution in [0.5, 0.6) is 11.5 Å². The number of methoxy groups -OCH3 is 2. The van der Waals surface area contributed by atoms with Crippen molar-refractivity contribution in [2.24, 2.45) is 18.9 Å². The quantitative estimate of drug-likeness (QED) is 0.408. The predicted octanol–water partition coefficient (Wildman–Crippen LogP) is 3.06. The molecule has 0 radical (unpaired) electrons. The molecule has 4 rings (SSSR count). The molecule has 1 saturated carbocycles. The van der Waals surface area contributed by atoms with Gasteiger partial charge in [0.15, 0.2) is 0 Å². The molecule has 200 valence electrons. The van der Waals surface area contributed by atoms with E-state index in [1.54, 1.807) is 73.4 Å². The van der Waals surface area contributed by atoms with Gasteiger partial charge in [-0.1, -0.05) is 24.3 Å². The van der Waals surface area contributed by atoms with Crippen LogP contribution in [0.1, 0.15) is 30.5 Å². The SMILES string of the molecule is COc1ccccc1NC(=O)[C@@H]1C(=O)C[C@](C)(O)[C@H](C(=O)Nc2ccccc2OC)[C@H]1c1cn(C)nc1C. The lowest BCUT2D eigenvalue weighted by Crippen LogP contribution is -2.56. The van der Waals surface area contributed by atoms with E-state index in [9.17, 15) is 19.5 Å². The molecule has 10 heteroatoms. The zero-order valence-electron chi connectivity index (χ0n) is 22.0. The van der Waals surface area contributed by atoms with Crippen LogP contribution < -0.4 is 20.1 Å². The van der Waals surface area contributed by atoms with Crippen LogP contribution in [0.25, 0.3) is 0 Å². The van der Waals surface area contributed by atoms with Gasteiger partial charge in [0.05, 0.1) is 42.8 Å². The van der Waals surface area contributed by atoms with Gasteiger partial charge >= 0.3 is 0 Å². The van der Waals surface area contributed by atoms with E-state index in [0.29, 0.717) is 34.1 Å². The molecule has 1 aromatic heterocycles. The molecule has 10 nitrogen and oxygen atoms in total. The van der Waals surface area contributed by atoms with E-state index in [2.05, 4.69) is 15.7 Å². The molecule has 2 amide bonds. The van der Waals surface area contributed by atoms with Gasteiger partial charge < -0.3 is 25.2 Å². The average molecular weight is 521 g/mol. The van der Waals surface area contributed by atoms with E-state index < -0.39 is 41.0 Å². The molecule has 38 heavy (non-hydrogen) atoms. The fourth-order valence-electron chi connectivity index (χ4n) is 5.33. The Kier molecular flexibility index (Phi) is 7.54. The molecule has 4 atom stereocenters. The number of amides is 2. The molecule has 0 unspecified atom stereocenters. The number of ketones is 1. The highest BCUT2D eigenvalue weighted by Gasteiger charge is 2.56. The first-order valence-corrected chi connectivity index (χ1v) is 12.2. The molecular formula is C28H32N4O6. The zero-order chi connectivity index (χ0) is 27.6. The summed E-state index contributed by atoms with van der Waals surface area (Å²) in [6.45, 7) is 3.19. The van der Waals surface area contributed by atoms with Crippen LogP contribution in [-0.4, -0.2) is 52.3 Å². The van der Waals surface area contributed by atoms with Gasteiger partial charge in [0.1, 0.15) is 23.2 Å². The number of Topliss-reactive ketones (excluding diaryl/α,β-unsaturated/α-hetero) is 1. The van der Waals surface area contributed by atoms with Crippen molar-refractivity contribution in [2.75, 3.05) is 24.9 Å². The maximum absolute atomic E-state index is 13.9. The molecule has 1 aliphatic rings. The highest BCUT2D eigenvalue weighted by atomic mass is 16.5. The van der Waals surface area contributed by atoms with Crippen LogP contribution in [0.3, 0.4) is 0 Å². The summed E-state index contributed by atoms with van der Waals surface area (Å²) in [5.74, 6) is -4.18. The van der Waals surface area contributed by atoms with E-state index in [-0.39, 0.29) is 6.42 Å². The maximum Gasteiger partial charge on any atom is 0.235 e. The summed E-state index contributed by atoms with van der Waals surface area (Å²) in [7, 11) is 4.68. The van der Waals surface area contributed by atoms with Gasteiger partial charge in [-0.2, -0.15) is 5.10 Å². The van der Waals surface area contributed by atoms with Crippen molar-refractivity contribution in [1.82, 2.24) is 9.78 Å². The molecule has 1 heterocycles. The Morgan fingerprint density at radius 1 is 1.00 bits per heavy atom. The Morgan fingerprint density at radius 3 is 2.03 bits per heavy atom. The minimum absolute atomic E-state index is 0.378. The highest BCUT2D eigenvalue weighted by molar-refractivity contribution is 6.11. The molecule has 0 bridgehead atoms. The van der Waals surface area contributed by atoms with E-state index in [4.69, 9.17) is 9.47 Å². The van der Waals surface area contributed by atoms with E-state index in [1.165, 1.54) is 21.1 Å². The lowest BCUT2D eigenvalue weighted by atomic mass is 9.61. The third-order valence-electron chi connectivity index (χ3n) is 6.97. The number of carbonyl (C=O) groups excluding carboxylic acids is 3. The molecule has 3 N–H and O–H groups in total. The standard InChI is InChI=1S/C28H32N4O6/c1-16-17(15-32(3)31-16)23-24(26(34)29-18-10-6-8-12-21(18)37-4)20(33)14-28(2,36)25(23)27(35)30-19-11-7-9-13-22(19)38-5/h6-13,15,23-25,36H,14H2,1-5H3,(H,29,34)(H,30,35)/t23-,24+,25-,28-/m0/s1. The summed E-state index contributed by atoms with van der Waals surface area (Å²) in [5.41, 5.74) is 0.137. The molecule has 1 fully saturated rings. The number of carbonyl (C=O) groups is 3. The highest BCUT2D eigenvalue weighted by Crippen LogP contribution is 2.47. The van der Waals surface area contributed by atoms with Crippen LogP contribution in [-0.2, 0) is 21.4 Å². The number of hydrogen-bond donors (Lipinski definition) is 3. The number of hydrogen-bond acceptors (Lipinski definition) is 7. The summed E-state index contributed by atoms with van der Waals surface area (Å²) in [6, 6.07) is 13.7. The van der Waals surface area contributed by atoms with Gasteiger partial charge in [-0.25, -0.2) is 0 Å². The number of para-hydroxylation sites is 4. The summed E-state index contributed by atoms with van der Waals surface area (Å²) in [5, 5.41) is 21.5. The average Bonchev–Trinajstić information content (AvgIpc) is 3.20. The monoisotopic (exact) mass is 520 g/mol. The van der Waals surface area contributed by atoms with Gasteiger partial charge in [0.25, 0.3) is 0 Å². The molecule has 0 spiro atoms. The minimum Gasteiger partial charge on any atom is -0.495 e. The van der Waals surface area contributed by atoms with Crippen molar-refractivity contribution < 1.29 is 29.0 Å². The molecule has 1 aliphatic carbocycles. The van der Waals surface area contributed by atoms with Crippen molar-refractivity contribution in [3.63, 3.8) is 0 Å². The Morgan fingerprint density at radius 2 is 1.53 bits per heavy atom. The van der Waals surface area contributed by atoms with E-state index in [0.717, 1.165) is 0 Å². The predicted molar refractivity (Wildman–Crippen MR) is 141 cm³/mol. The number of aryl methyl sites for hydroxylation is 2. The Balaban J connectivity index is 1.80. The zero-order valence-corrected chi connectivity index (χ0v) is 22.0. The summed E-state index contributed by atoms with van der Waals surface area (Å²) in [4.78, 5) is 41.1. The van der Waals surface area contributed by atoms with Crippen LogP contribution in [0, 0.1) is 18.8 Å². The third kappa shape index (κ3) is 5.12. The van der Waals surface area contributed by atoms with Crippen LogP contribution >= 0.6 is 0 Å². The summed E-state index contributed by atoms with van der Waals surface area (Å²) >= 11 is 0. The second-order valence-corrected chi connectivity index (χ2v) is 9.70.